The molecule has 2 aliphatic heterocycles. The van der Waals surface area contributed by atoms with Gasteiger partial charge in [0.2, 0.25) is 0 Å². The molecule has 1 amide bonds. The second kappa shape index (κ2) is 8.80. The van der Waals surface area contributed by atoms with Crippen molar-refractivity contribution in [3.8, 4) is 0 Å². The summed E-state index contributed by atoms with van der Waals surface area (Å²) >= 11 is 0. The van der Waals surface area contributed by atoms with Crippen LogP contribution in [0.25, 0.3) is 0 Å². The number of benzene rings is 1. The quantitative estimate of drug-likeness (QED) is 0.831. The van der Waals surface area contributed by atoms with E-state index in [0.29, 0.717) is 18.3 Å². The summed E-state index contributed by atoms with van der Waals surface area (Å²) in [6.07, 6.45) is 3.63. The van der Waals surface area contributed by atoms with E-state index in [-0.39, 0.29) is 36.8 Å². The Labute approximate surface area is 166 Å². The predicted octanol–water partition coefficient (Wildman–Crippen LogP) is 3.17. The van der Waals surface area contributed by atoms with Crippen molar-refractivity contribution in [1.29, 1.82) is 0 Å². The lowest BCUT2D eigenvalue weighted by atomic mass is 10.1. The summed E-state index contributed by atoms with van der Waals surface area (Å²) in [4.78, 5) is 14.9. The molecule has 1 aromatic carbocycles. The van der Waals surface area contributed by atoms with E-state index in [2.05, 4.69) is 46.7 Å². The van der Waals surface area contributed by atoms with E-state index in [1.54, 1.807) is 6.26 Å². The average molecular weight is 398 g/mol. The van der Waals surface area contributed by atoms with E-state index >= 15 is 0 Å². The van der Waals surface area contributed by atoms with Crippen LogP contribution in [0.1, 0.15) is 35.0 Å². The Morgan fingerprint density at radius 3 is 2.88 bits per heavy atom. The monoisotopic (exact) mass is 397 g/mol. The largest absolute Gasteiger partial charge is 0.459 e. The fourth-order valence-corrected chi connectivity index (χ4v) is 3.74. The maximum absolute atomic E-state index is 12.5. The molecule has 2 aliphatic rings. The Hall–Kier alpha value is -1.69. The van der Waals surface area contributed by atoms with Gasteiger partial charge in [-0.15, -0.1) is 24.8 Å². The molecule has 0 spiro atoms. The van der Waals surface area contributed by atoms with E-state index in [1.165, 1.54) is 11.3 Å². The van der Waals surface area contributed by atoms with Crippen LogP contribution in [0.15, 0.2) is 41.0 Å². The number of fused-ring (bicyclic) bond motifs is 1. The van der Waals surface area contributed by atoms with Crippen molar-refractivity contribution in [2.24, 2.45) is 0 Å². The second-order valence-corrected chi connectivity index (χ2v) is 6.75. The molecular formula is C19H25Cl2N3O2. The van der Waals surface area contributed by atoms with E-state index in [9.17, 15) is 4.79 Å². The van der Waals surface area contributed by atoms with Gasteiger partial charge in [-0.05, 0) is 44.0 Å². The highest BCUT2D eigenvalue weighted by Gasteiger charge is 2.28. The Morgan fingerprint density at radius 1 is 1.31 bits per heavy atom. The van der Waals surface area contributed by atoms with Crippen molar-refractivity contribution in [1.82, 2.24) is 10.6 Å². The lowest BCUT2D eigenvalue weighted by Crippen LogP contribution is -2.37. The maximum Gasteiger partial charge on any atom is 0.287 e. The number of anilines is 1. The second-order valence-electron chi connectivity index (χ2n) is 6.75. The zero-order chi connectivity index (χ0) is 16.5. The highest BCUT2D eigenvalue weighted by atomic mass is 35.5. The van der Waals surface area contributed by atoms with E-state index in [0.717, 1.165) is 31.5 Å². The van der Waals surface area contributed by atoms with Crippen molar-refractivity contribution < 1.29 is 9.21 Å². The molecule has 2 aromatic rings. The average Bonchev–Trinajstić information content (AvgIpc) is 3.29. The minimum Gasteiger partial charge on any atom is -0.459 e. The molecule has 0 saturated carbocycles. The summed E-state index contributed by atoms with van der Waals surface area (Å²) in [6, 6.07) is 11.0. The predicted molar refractivity (Wildman–Crippen MR) is 108 cm³/mol. The summed E-state index contributed by atoms with van der Waals surface area (Å²) < 4.78 is 5.51. The van der Waals surface area contributed by atoms with Gasteiger partial charge in [0, 0.05) is 36.4 Å². The third-order valence-corrected chi connectivity index (χ3v) is 5.04. The molecule has 142 valence electrons. The molecule has 1 fully saturated rings. The van der Waals surface area contributed by atoms with Gasteiger partial charge in [-0.1, -0.05) is 18.2 Å². The molecule has 0 aliphatic carbocycles. The molecule has 2 unspecified atom stereocenters. The van der Waals surface area contributed by atoms with Crippen LogP contribution in [0, 0.1) is 0 Å². The van der Waals surface area contributed by atoms with Gasteiger partial charge in [0.05, 0.1) is 6.26 Å². The highest BCUT2D eigenvalue weighted by molar-refractivity contribution is 5.93. The van der Waals surface area contributed by atoms with Gasteiger partial charge < -0.3 is 20.0 Å². The molecule has 7 heteroatoms. The normalized spacial score (nSPS) is 20.9. The smallest absolute Gasteiger partial charge is 0.287 e. The van der Waals surface area contributed by atoms with Crippen LogP contribution in [-0.2, 0) is 13.0 Å². The molecule has 1 saturated heterocycles. The van der Waals surface area contributed by atoms with E-state index < -0.39 is 0 Å². The number of furan rings is 1. The van der Waals surface area contributed by atoms with Gasteiger partial charge in [-0.25, -0.2) is 0 Å². The molecular weight excluding hydrogens is 373 g/mol. The van der Waals surface area contributed by atoms with Crippen molar-refractivity contribution >= 4 is 36.4 Å². The van der Waals surface area contributed by atoms with Crippen LogP contribution >= 0.6 is 24.8 Å². The molecule has 3 heterocycles. The fourth-order valence-electron chi connectivity index (χ4n) is 3.74. The molecule has 1 aromatic heterocycles. The van der Waals surface area contributed by atoms with Crippen LogP contribution in [0.5, 0.6) is 0 Å². The van der Waals surface area contributed by atoms with Crippen LogP contribution in [0.2, 0.25) is 0 Å². The summed E-state index contributed by atoms with van der Waals surface area (Å²) in [5.41, 5.74) is 3.58. The first-order chi connectivity index (χ1) is 11.7. The van der Waals surface area contributed by atoms with Gasteiger partial charge in [-0.2, -0.15) is 0 Å². The zero-order valence-corrected chi connectivity index (χ0v) is 16.4. The summed E-state index contributed by atoms with van der Waals surface area (Å²) in [5.74, 6) is 0.335. The van der Waals surface area contributed by atoms with Gasteiger partial charge in [0.25, 0.3) is 5.91 Å². The number of rotatable bonds is 4. The van der Waals surface area contributed by atoms with E-state index in [4.69, 9.17) is 4.42 Å². The minimum absolute atomic E-state index is 0. The third kappa shape index (κ3) is 4.00. The molecule has 5 nitrogen and oxygen atoms in total. The van der Waals surface area contributed by atoms with Crippen molar-refractivity contribution in [2.75, 3.05) is 18.0 Å². The Kier molecular flexibility index (Phi) is 6.98. The highest BCUT2D eigenvalue weighted by Crippen LogP contribution is 2.33. The summed E-state index contributed by atoms with van der Waals surface area (Å²) in [7, 11) is 0. The first-order valence-corrected chi connectivity index (χ1v) is 8.65. The molecule has 2 atom stereocenters. The number of para-hydroxylation sites is 1. The molecule has 2 N–H and O–H groups in total. The number of hydrogen-bond donors (Lipinski definition) is 2. The maximum atomic E-state index is 12.5. The van der Waals surface area contributed by atoms with Crippen LogP contribution in [0.3, 0.4) is 0 Å². The zero-order valence-electron chi connectivity index (χ0n) is 14.7. The van der Waals surface area contributed by atoms with Crippen LogP contribution < -0.4 is 15.5 Å². The van der Waals surface area contributed by atoms with E-state index in [1.807, 2.05) is 6.07 Å². The van der Waals surface area contributed by atoms with Gasteiger partial charge in [-0.3, -0.25) is 4.79 Å². The number of carbonyl (C=O) groups excluding carboxylic acids is 1. The number of nitrogens with one attached hydrogen (secondary N) is 2. The Bertz CT molecular complexity index is 744. The third-order valence-electron chi connectivity index (χ3n) is 5.04. The standard InChI is InChI=1S/C19H23N3O2.2ClH/c1-13-10-14-4-2-3-5-17(14)22(13)12-15-7-9-24-18(15)19(23)21-16-6-8-20-11-16;;/h2-5,7,9,13,16,20H,6,8,10-12H2,1H3,(H,21,23);2*1H. The van der Waals surface area contributed by atoms with Gasteiger partial charge in [0.15, 0.2) is 5.76 Å². The first kappa shape index (κ1) is 20.6. The Balaban J connectivity index is 0.00000121. The first-order valence-electron chi connectivity index (χ1n) is 8.65. The number of nitrogens with zero attached hydrogens (tertiary/aromatic N) is 1. The molecule has 26 heavy (non-hydrogen) atoms. The van der Waals surface area contributed by atoms with Gasteiger partial charge >= 0.3 is 0 Å². The molecule has 0 bridgehead atoms. The number of hydrogen-bond acceptors (Lipinski definition) is 4. The lowest BCUT2D eigenvalue weighted by Gasteiger charge is -2.24. The number of halogens is 2. The van der Waals surface area contributed by atoms with Crippen LogP contribution in [0.4, 0.5) is 5.69 Å². The Morgan fingerprint density at radius 2 is 2.12 bits per heavy atom. The van der Waals surface area contributed by atoms with Gasteiger partial charge in [0.1, 0.15) is 0 Å². The van der Waals surface area contributed by atoms with Crippen LogP contribution in [-0.4, -0.2) is 31.1 Å². The summed E-state index contributed by atoms with van der Waals surface area (Å²) in [6.45, 7) is 4.71. The van der Waals surface area contributed by atoms with Crippen molar-refractivity contribution in [3.63, 3.8) is 0 Å². The SMILES string of the molecule is CC1Cc2ccccc2N1Cc1ccoc1C(=O)NC1CCNC1.Cl.Cl. The number of carbonyl (C=O) groups is 1. The summed E-state index contributed by atoms with van der Waals surface area (Å²) in [5, 5.41) is 6.32. The van der Waals surface area contributed by atoms with Crippen molar-refractivity contribution in [3.05, 3.63) is 53.5 Å². The topological polar surface area (TPSA) is 57.5 Å². The lowest BCUT2D eigenvalue weighted by molar-refractivity contribution is 0.0910. The fraction of sp³-hybridized carbons (Fsp3) is 0.421. The number of amides is 1. The van der Waals surface area contributed by atoms with Crippen molar-refractivity contribution in [2.45, 2.75) is 38.4 Å². The molecule has 4 rings (SSSR count). The molecule has 0 radical (unpaired) electrons. The minimum atomic E-state index is -0.108.